The van der Waals surface area contributed by atoms with Gasteiger partial charge in [-0.3, -0.25) is 4.79 Å². The van der Waals surface area contributed by atoms with E-state index in [1.54, 1.807) is 4.57 Å². The topological polar surface area (TPSA) is 57.2 Å². The maximum absolute atomic E-state index is 12.0. The first-order valence-electron chi connectivity index (χ1n) is 5.67. The van der Waals surface area contributed by atoms with Crippen molar-refractivity contribution in [2.45, 2.75) is 39.3 Å². The third kappa shape index (κ3) is 1.97. The molecule has 2 heterocycles. The molecule has 0 aromatic carbocycles. The fourth-order valence-corrected chi connectivity index (χ4v) is 2.16. The zero-order valence-electron chi connectivity index (χ0n) is 9.82. The number of pyridine rings is 1. The number of nitrogens with zero attached hydrogens (tertiary/aromatic N) is 1. The van der Waals surface area contributed by atoms with Crippen molar-refractivity contribution in [2.75, 3.05) is 12.3 Å². The normalized spacial score (nSPS) is 20.2. The van der Waals surface area contributed by atoms with Crippen LogP contribution in [0.3, 0.4) is 0 Å². The molecule has 2 rings (SSSR count). The van der Waals surface area contributed by atoms with Gasteiger partial charge in [0.1, 0.15) is 5.69 Å². The second-order valence-corrected chi connectivity index (χ2v) is 4.43. The van der Waals surface area contributed by atoms with E-state index in [9.17, 15) is 4.79 Å². The minimum absolute atomic E-state index is 0.0898. The van der Waals surface area contributed by atoms with Crippen LogP contribution >= 0.6 is 0 Å². The highest BCUT2D eigenvalue weighted by atomic mass is 16.5. The summed E-state index contributed by atoms with van der Waals surface area (Å²) in [4.78, 5) is 12.0. The maximum atomic E-state index is 12.0. The van der Waals surface area contributed by atoms with Crippen molar-refractivity contribution in [1.29, 1.82) is 0 Å². The summed E-state index contributed by atoms with van der Waals surface area (Å²) in [5, 5.41) is 0. The summed E-state index contributed by atoms with van der Waals surface area (Å²) in [5.74, 6) is 0. The van der Waals surface area contributed by atoms with Crippen LogP contribution in [-0.4, -0.2) is 17.3 Å². The molecule has 1 aliphatic heterocycles. The third-order valence-electron chi connectivity index (χ3n) is 3.16. The van der Waals surface area contributed by atoms with Crippen LogP contribution in [0.1, 0.15) is 24.1 Å². The van der Waals surface area contributed by atoms with E-state index in [1.165, 1.54) is 0 Å². The van der Waals surface area contributed by atoms with Gasteiger partial charge in [-0.15, -0.1) is 0 Å². The molecule has 0 radical (unpaired) electrons. The Balaban J connectivity index is 2.32. The monoisotopic (exact) mass is 222 g/mol. The lowest BCUT2D eigenvalue weighted by atomic mass is 10.2. The summed E-state index contributed by atoms with van der Waals surface area (Å²) >= 11 is 0. The number of nitrogen functional groups attached to an aromatic ring is 1. The number of hydrogen-bond acceptors (Lipinski definition) is 3. The minimum Gasteiger partial charge on any atom is -0.394 e. The van der Waals surface area contributed by atoms with Gasteiger partial charge in [0.25, 0.3) is 5.56 Å². The highest BCUT2D eigenvalue weighted by Crippen LogP contribution is 2.15. The van der Waals surface area contributed by atoms with Crippen molar-refractivity contribution in [1.82, 2.24) is 4.57 Å². The van der Waals surface area contributed by atoms with Gasteiger partial charge >= 0.3 is 0 Å². The van der Waals surface area contributed by atoms with Crippen molar-refractivity contribution >= 4 is 5.69 Å². The zero-order valence-corrected chi connectivity index (χ0v) is 9.82. The van der Waals surface area contributed by atoms with Crippen molar-refractivity contribution in [3.05, 3.63) is 27.7 Å². The Morgan fingerprint density at radius 1 is 1.56 bits per heavy atom. The van der Waals surface area contributed by atoms with Gasteiger partial charge in [-0.1, -0.05) is 0 Å². The lowest BCUT2D eigenvalue weighted by molar-refractivity contribution is 0.0957. The molecule has 1 aromatic heterocycles. The Kier molecular flexibility index (Phi) is 3.01. The number of anilines is 1. The van der Waals surface area contributed by atoms with Crippen molar-refractivity contribution in [2.24, 2.45) is 0 Å². The first kappa shape index (κ1) is 11.2. The molecular formula is C12H18N2O2. The highest BCUT2D eigenvalue weighted by molar-refractivity contribution is 5.44. The Hall–Kier alpha value is -1.29. The summed E-state index contributed by atoms with van der Waals surface area (Å²) in [6, 6.07) is 1.95. The molecule has 1 unspecified atom stereocenters. The van der Waals surface area contributed by atoms with Crippen LogP contribution in [0.5, 0.6) is 0 Å². The predicted octanol–water partition coefficient (Wildman–Crippen LogP) is 1.23. The molecule has 1 fully saturated rings. The first-order chi connectivity index (χ1) is 7.59. The van der Waals surface area contributed by atoms with E-state index in [2.05, 4.69) is 0 Å². The summed E-state index contributed by atoms with van der Waals surface area (Å²) in [5.41, 5.74) is 7.82. The molecule has 4 nitrogen and oxygen atoms in total. The molecular weight excluding hydrogens is 204 g/mol. The van der Waals surface area contributed by atoms with Crippen LogP contribution in [0, 0.1) is 13.8 Å². The van der Waals surface area contributed by atoms with Crippen molar-refractivity contribution < 1.29 is 4.74 Å². The van der Waals surface area contributed by atoms with Crippen LogP contribution < -0.4 is 11.3 Å². The van der Waals surface area contributed by atoms with E-state index >= 15 is 0 Å². The first-order valence-corrected chi connectivity index (χ1v) is 5.67. The summed E-state index contributed by atoms with van der Waals surface area (Å²) < 4.78 is 7.26. The van der Waals surface area contributed by atoms with Gasteiger partial charge < -0.3 is 15.0 Å². The van der Waals surface area contributed by atoms with Crippen LogP contribution in [0.25, 0.3) is 0 Å². The van der Waals surface area contributed by atoms with Gasteiger partial charge in [0.15, 0.2) is 0 Å². The van der Waals surface area contributed by atoms with E-state index in [0.29, 0.717) is 12.2 Å². The molecule has 16 heavy (non-hydrogen) atoms. The van der Waals surface area contributed by atoms with Gasteiger partial charge in [0.05, 0.1) is 12.6 Å². The fourth-order valence-electron chi connectivity index (χ4n) is 2.16. The second kappa shape index (κ2) is 4.29. The molecule has 88 valence electrons. The molecule has 1 aromatic rings. The largest absolute Gasteiger partial charge is 0.394 e. The van der Waals surface area contributed by atoms with Crippen LogP contribution in [-0.2, 0) is 11.3 Å². The van der Waals surface area contributed by atoms with Gasteiger partial charge in [-0.2, -0.15) is 0 Å². The van der Waals surface area contributed by atoms with E-state index in [-0.39, 0.29) is 11.7 Å². The van der Waals surface area contributed by atoms with Gasteiger partial charge in [0.2, 0.25) is 0 Å². The summed E-state index contributed by atoms with van der Waals surface area (Å²) in [7, 11) is 0. The van der Waals surface area contributed by atoms with E-state index in [4.69, 9.17) is 10.5 Å². The number of ether oxygens (including phenoxy) is 1. The second-order valence-electron chi connectivity index (χ2n) is 4.43. The molecule has 4 heteroatoms. The molecule has 1 aliphatic rings. The highest BCUT2D eigenvalue weighted by Gasteiger charge is 2.18. The predicted molar refractivity (Wildman–Crippen MR) is 63.6 cm³/mol. The average Bonchev–Trinajstić information content (AvgIpc) is 2.74. The summed E-state index contributed by atoms with van der Waals surface area (Å²) in [6.07, 6.45) is 2.28. The minimum atomic E-state index is -0.0898. The number of aromatic nitrogens is 1. The van der Waals surface area contributed by atoms with Crippen molar-refractivity contribution in [3.8, 4) is 0 Å². The molecule has 1 saturated heterocycles. The molecule has 0 saturated carbocycles. The van der Waals surface area contributed by atoms with E-state index < -0.39 is 0 Å². The SMILES string of the molecule is Cc1cc(C)n(CC2CCCO2)c(=O)c1N. The molecule has 2 N–H and O–H groups in total. The van der Waals surface area contributed by atoms with Crippen LogP contribution in [0.2, 0.25) is 0 Å². The summed E-state index contributed by atoms with van der Waals surface area (Å²) in [6.45, 7) is 5.22. The average molecular weight is 222 g/mol. The molecule has 0 bridgehead atoms. The maximum Gasteiger partial charge on any atom is 0.274 e. The Morgan fingerprint density at radius 3 is 2.94 bits per heavy atom. The van der Waals surface area contributed by atoms with Crippen LogP contribution in [0.15, 0.2) is 10.9 Å². The fraction of sp³-hybridized carbons (Fsp3) is 0.583. The number of rotatable bonds is 2. The number of aryl methyl sites for hydroxylation is 2. The van der Waals surface area contributed by atoms with Crippen LogP contribution in [0.4, 0.5) is 5.69 Å². The zero-order chi connectivity index (χ0) is 11.7. The number of hydrogen-bond donors (Lipinski definition) is 1. The van der Waals surface area contributed by atoms with E-state index in [0.717, 1.165) is 30.7 Å². The molecule has 0 aliphatic carbocycles. The van der Waals surface area contributed by atoms with E-state index in [1.807, 2.05) is 19.9 Å². The van der Waals surface area contributed by atoms with Crippen molar-refractivity contribution in [3.63, 3.8) is 0 Å². The number of nitrogens with two attached hydrogens (primary N) is 1. The Labute approximate surface area is 95.0 Å². The molecule has 0 spiro atoms. The van der Waals surface area contributed by atoms with Gasteiger partial charge in [-0.25, -0.2) is 0 Å². The lowest BCUT2D eigenvalue weighted by Crippen LogP contribution is -2.30. The smallest absolute Gasteiger partial charge is 0.274 e. The standard InChI is InChI=1S/C12H18N2O2/c1-8-6-9(2)14(12(15)11(8)13)7-10-4-3-5-16-10/h6,10H,3-5,7,13H2,1-2H3. The molecule has 1 atom stereocenters. The molecule has 0 amide bonds. The third-order valence-corrected chi connectivity index (χ3v) is 3.16. The quantitative estimate of drug-likeness (QED) is 0.818. The van der Waals surface area contributed by atoms with Gasteiger partial charge in [-0.05, 0) is 38.3 Å². The Morgan fingerprint density at radius 2 is 2.31 bits per heavy atom. The lowest BCUT2D eigenvalue weighted by Gasteiger charge is -2.16. The Bertz CT molecular complexity index is 445. The van der Waals surface area contributed by atoms with Gasteiger partial charge in [0, 0.05) is 12.3 Å².